The van der Waals surface area contributed by atoms with Crippen LogP contribution in [-0.2, 0) is 19.1 Å². The number of carbonyl (C=O) groups is 2. The molecule has 1 saturated heterocycles. The summed E-state index contributed by atoms with van der Waals surface area (Å²) in [6.45, 7) is 10.3. The average molecular weight is 310 g/mol. The maximum atomic E-state index is 12.5. The molecule has 0 aromatic carbocycles. The highest BCUT2D eigenvalue weighted by molar-refractivity contribution is 5.84. The van der Waals surface area contributed by atoms with Gasteiger partial charge < -0.3 is 9.47 Å². The van der Waals surface area contributed by atoms with Crippen molar-refractivity contribution in [2.24, 2.45) is 23.7 Å². The highest BCUT2D eigenvalue weighted by atomic mass is 16.6. The summed E-state index contributed by atoms with van der Waals surface area (Å²) in [5.41, 5.74) is -0.374. The second kappa shape index (κ2) is 6.59. The molecule has 4 nitrogen and oxygen atoms in total. The van der Waals surface area contributed by atoms with E-state index >= 15 is 0 Å². The predicted octanol–water partition coefficient (Wildman–Crippen LogP) is 3.72. The maximum absolute atomic E-state index is 12.5. The van der Waals surface area contributed by atoms with Crippen molar-refractivity contribution in [2.75, 3.05) is 0 Å². The summed E-state index contributed by atoms with van der Waals surface area (Å²) in [6, 6.07) is 0. The number of hydrogen-bond donors (Lipinski definition) is 0. The summed E-state index contributed by atoms with van der Waals surface area (Å²) in [5.74, 6) is -0.283. The molecule has 126 valence electrons. The molecule has 5 atom stereocenters. The molecule has 2 bridgehead atoms. The van der Waals surface area contributed by atoms with Gasteiger partial charge in [-0.05, 0) is 44.9 Å². The van der Waals surface area contributed by atoms with Crippen molar-refractivity contribution >= 4 is 11.9 Å². The predicted molar refractivity (Wildman–Crippen MR) is 84.1 cm³/mol. The SMILES string of the molecule is CC(C)CCC[C@H](C)OC(=O)[C@H]1[C@H](C)C[C@@]2(C)C[C@H]1C(=O)O2. The van der Waals surface area contributed by atoms with Crippen LogP contribution in [0.1, 0.15) is 66.7 Å². The molecule has 2 rings (SSSR count). The van der Waals surface area contributed by atoms with E-state index in [0.29, 0.717) is 12.3 Å². The fraction of sp³-hybridized carbons (Fsp3) is 0.889. The Balaban J connectivity index is 1.90. The number of esters is 2. The van der Waals surface area contributed by atoms with Crippen LogP contribution in [0.2, 0.25) is 0 Å². The molecule has 2 aliphatic rings. The van der Waals surface area contributed by atoms with Crippen LogP contribution >= 0.6 is 0 Å². The number of carbonyl (C=O) groups excluding carboxylic acids is 2. The minimum Gasteiger partial charge on any atom is -0.462 e. The molecule has 0 aromatic heterocycles. The van der Waals surface area contributed by atoms with E-state index in [1.165, 1.54) is 0 Å². The molecule has 22 heavy (non-hydrogen) atoms. The number of ether oxygens (including phenoxy) is 2. The van der Waals surface area contributed by atoms with Crippen LogP contribution in [0, 0.1) is 23.7 Å². The maximum Gasteiger partial charge on any atom is 0.310 e. The van der Waals surface area contributed by atoms with E-state index < -0.39 is 0 Å². The Morgan fingerprint density at radius 2 is 2.00 bits per heavy atom. The number of fused-ring (bicyclic) bond motifs is 2. The van der Waals surface area contributed by atoms with Crippen molar-refractivity contribution in [3.63, 3.8) is 0 Å². The minimum absolute atomic E-state index is 0.0795. The largest absolute Gasteiger partial charge is 0.462 e. The molecule has 1 saturated carbocycles. The summed E-state index contributed by atoms with van der Waals surface area (Å²) in [4.78, 5) is 24.5. The monoisotopic (exact) mass is 310 g/mol. The van der Waals surface area contributed by atoms with Gasteiger partial charge in [-0.25, -0.2) is 0 Å². The average Bonchev–Trinajstić information content (AvgIpc) is 2.58. The van der Waals surface area contributed by atoms with E-state index in [4.69, 9.17) is 9.47 Å². The first-order valence-corrected chi connectivity index (χ1v) is 8.65. The van der Waals surface area contributed by atoms with E-state index in [-0.39, 0.29) is 41.4 Å². The van der Waals surface area contributed by atoms with Crippen molar-refractivity contribution < 1.29 is 19.1 Å². The second-order valence-corrected chi connectivity index (χ2v) is 7.96. The molecule has 0 N–H and O–H groups in total. The molecule has 0 aromatic rings. The third-order valence-corrected chi connectivity index (χ3v) is 5.08. The van der Waals surface area contributed by atoms with Gasteiger partial charge in [0.25, 0.3) is 0 Å². The van der Waals surface area contributed by atoms with Gasteiger partial charge in [0.05, 0.1) is 17.9 Å². The van der Waals surface area contributed by atoms with Gasteiger partial charge in [-0.1, -0.05) is 27.2 Å². The normalized spacial score (nSPS) is 35.4. The summed E-state index contributed by atoms with van der Waals surface area (Å²) in [6.07, 6.45) is 4.42. The van der Waals surface area contributed by atoms with Crippen LogP contribution in [0.15, 0.2) is 0 Å². The first-order chi connectivity index (χ1) is 10.2. The van der Waals surface area contributed by atoms with Crippen molar-refractivity contribution in [3.8, 4) is 0 Å². The van der Waals surface area contributed by atoms with Crippen LogP contribution in [0.4, 0.5) is 0 Å². The molecule has 0 spiro atoms. The smallest absolute Gasteiger partial charge is 0.310 e. The van der Waals surface area contributed by atoms with Crippen molar-refractivity contribution in [1.29, 1.82) is 0 Å². The lowest BCUT2D eigenvalue weighted by Gasteiger charge is -2.35. The molecular formula is C18H30O4. The van der Waals surface area contributed by atoms with Gasteiger partial charge in [-0.15, -0.1) is 0 Å². The first-order valence-electron chi connectivity index (χ1n) is 8.65. The Morgan fingerprint density at radius 1 is 1.32 bits per heavy atom. The lowest BCUT2D eigenvalue weighted by molar-refractivity contribution is -0.161. The summed E-state index contributed by atoms with van der Waals surface area (Å²) in [5, 5.41) is 0. The highest BCUT2D eigenvalue weighted by Crippen LogP contribution is 2.48. The third-order valence-electron chi connectivity index (χ3n) is 5.08. The molecule has 0 unspecified atom stereocenters. The Labute approximate surface area is 133 Å². The van der Waals surface area contributed by atoms with Crippen LogP contribution in [0.25, 0.3) is 0 Å². The Kier molecular flexibility index (Phi) is 5.18. The molecule has 4 heteroatoms. The van der Waals surface area contributed by atoms with Gasteiger partial charge in [0.15, 0.2) is 0 Å². The number of rotatable bonds is 6. The second-order valence-electron chi connectivity index (χ2n) is 7.96. The van der Waals surface area contributed by atoms with Gasteiger partial charge >= 0.3 is 11.9 Å². The molecule has 1 heterocycles. The van der Waals surface area contributed by atoms with E-state index in [1.807, 2.05) is 20.8 Å². The Hall–Kier alpha value is -1.06. The molecular weight excluding hydrogens is 280 g/mol. The fourth-order valence-electron chi connectivity index (χ4n) is 4.06. The lowest BCUT2D eigenvalue weighted by Crippen LogP contribution is -2.41. The zero-order valence-corrected chi connectivity index (χ0v) is 14.6. The topological polar surface area (TPSA) is 52.6 Å². The Morgan fingerprint density at radius 3 is 2.64 bits per heavy atom. The van der Waals surface area contributed by atoms with Crippen LogP contribution in [0.3, 0.4) is 0 Å². The molecule has 1 aliphatic heterocycles. The Bertz CT molecular complexity index is 431. The van der Waals surface area contributed by atoms with Gasteiger partial charge in [0.2, 0.25) is 0 Å². The van der Waals surface area contributed by atoms with E-state index in [0.717, 1.165) is 25.7 Å². The first kappa shape index (κ1) is 17.3. The third kappa shape index (κ3) is 3.82. The summed E-state index contributed by atoms with van der Waals surface area (Å²) in [7, 11) is 0. The van der Waals surface area contributed by atoms with E-state index in [9.17, 15) is 9.59 Å². The summed E-state index contributed by atoms with van der Waals surface area (Å²) >= 11 is 0. The van der Waals surface area contributed by atoms with Crippen molar-refractivity contribution in [3.05, 3.63) is 0 Å². The van der Waals surface area contributed by atoms with Crippen molar-refractivity contribution in [2.45, 2.75) is 78.4 Å². The lowest BCUT2D eigenvalue weighted by atomic mass is 9.69. The number of hydrogen-bond acceptors (Lipinski definition) is 4. The van der Waals surface area contributed by atoms with E-state index in [2.05, 4.69) is 13.8 Å². The minimum atomic E-state index is -0.374. The van der Waals surface area contributed by atoms with Gasteiger partial charge in [0, 0.05) is 6.42 Å². The highest BCUT2D eigenvalue weighted by Gasteiger charge is 2.56. The molecule has 0 amide bonds. The van der Waals surface area contributed by atoms with Gasteiger partial charge in [-0.2, -0.15) is 0 Å². The molecule has 2 fully saturated rings. The van der Waals surface area contributed by atoms with Crippen LogP contribution in [-0.4, -0.2) is 23.6 Å². The zero-order valence-electron chi connectivity index (χ0n) is 14.6. The van der Waals surface area contributed by atoms with Gasteiger partial charge in [0.1, 0.15) is 5.60 Å². The van der Waals surface area contributed by atoms with Gasteiger partial charge in [-0.3, -0.25) is 9.59 Å². The van der Waals surface area contributed by atoms with Crippen LogP contribution in [0.5, 0.6) is 0 Å². The zero-order chi connectivity index (χ0) is 16.5. The van der Waals surface area contributed by atoms with Crippen molar-refractivity contribution in [1.82, 2.24) is 0 Å². The molecule has 1 aliphatic carbocycles. The quantitative estimate of drug-likeness (QED) is 0.702. The fourth-order valence-corrected chi connectivity index (χ4v) is 4.06. The summed E-state index contributed by atoms with van der Waals surface area (Å²) < 4.78 is 11.1. The van der Waals surface area contributed by atoms with Crippen LogP contribution < -0.4 is 0 Å². The van der Waals surface area contributed by atoms with E-state index in [1.54, 1.807) is 0 Å². The molecule has 0 radical (unpaired) electrons. The standard InChI is InChI=1S/C18H30O4/c1-11(2)7-6-8-13(4)21-17(20)15-12(3)9-18(5)10-14(15)16(19)22-18/h11-15H,6-10H2,1-5H3/t12-,13+,14-,15+,18+/m1/s1.